The molecular formula is C12H11ClFNO3S. The number of benzene rings is 1. The molecule has 0 aliphatic heterocycles. The number of halogens is 2. The molecule has 0 bridgehead atoms. The van der Waals surface area contributed by atoms with Crippen LogP contribution >= 0.6 is 11.6 Å². The third-order valence-corrected chi connectivity index (χ3v) is 4.26. The van der Waals surface area contributed by atoms with Crippen LogP contribution in [-0.2, 0) is 21.3 Å². The van der Waals surface area contributed by atoms with Crippen LogP contribution in [0.5, 0.6) is 0 Å². The van der Waals surface area contributed by atoms with E-state index in [9.17, 15) is 12.8 Å². The molecule has 19 heavy (non-hydrogen) atoms. The normalized spacial score (nSPS) is 11.7. The molecule has 2 rings (SSSR count). The molecule has 1 aromatic carbocycles. The third kappa shape index (κ3) is 3.78. The lowest BCUT2D eigenvalue weighted by atomic mass is 10.2. The Kier molecular flexibility index (Phi) is 3.91. The summed E-state index contributed by atoms with van der Waals surface area (Å²) in [5.74, 6) is -0.763. The maximum atomic E-state index is 12.9. The quantitative estimate of drug-likeness (QED) is 0.871. The van der Waals surface area contributed by atoms with Crippen LogP contribution in [0.3, 0.4) is 0 Å². The van der Waals surface area contributed by atoms with E-state index in [0.717, 1.165) is 6.07 Å². The number of sulfone groups is 1. The fourth-order valence-corrected chi connectivity index (χ4v) is 3.34. The van der Waals surface area contributed by atoms with Crippen LogP contribution in [0.2, 0.25) is 5.02 Å². The first-order valence-electron chi connectivity index (χ1n) is 5.42. The van der Waals surface area contributed by atoms with E-state index in [1.165, 1.54) is 12.1 Å². The lowest BCUT2D eigenvalue weighted by Gasteiger charge is -2.04. The Morgan fingerprint density at radius 2 is 2.05 bits per heavy atom. The Hall–Kier alpha value is -1.40. The van der Waals surface area contributed by atoms with Crippen LogP contribution in [0.4, 0.5) is 4.39 Å². The van der Waals surface area contributed by atoms with Crippen molar-refractivity contribution in [3.05, 3.63) is 52.1 Å². The molecule has 0 aliphatic rings. The molecule has 0 amide bonds. The lowest BCUT2D eigenvalue weighted by Crippen LogP contribution is -2.07. The first-order valence-corrected chi connectivity index (χ1v) is 7.62. The minimum atomic E-state index is -3.45. The van der Waals surface area contributed by atoms with E-state index < -0.39 is 15.7 Å². The standard InChI is InChI=1S/C12H11ClFNO3S/c1-8-4-11(18-15-8)7-19(16,17)6-9-2-3-10(14)5-12(9)13/h2-5H,6-7H2,1H3. The molecule has 0 saturated heterocycles. The molecule has 1 aromatic heterocycles. The SMILES string of the molecule is Cc1cc(CS(=O)(=O)Cc2ccc(F)cc2Cl)on1. The van der Waals surface area contributed by atoms with E-state index in [1.54, 1.807) is 13.0 Å². The van der Waals surface area contributed by atoms with Gasteiger partial charge in [0, 0.05) is 11.1 Å². The number of hydrogen-bond donors (Lipinski definition) is 0. The first kappa shape index (κ1) is 14.0. The summed E-state index contributed by atoms with van der Waals surface area (Å²) in [5.41, 5.74) is 0.976. The van der Waals surface area contributed by atoms with Crippen molar-refractivity contribution < 1.29 is 17.3 Å². The summed E-state index contributed by atoms with van der Waals surface area (Å²) in [6, 6.07) is 5.19. The van der Waals surface area contributed by atoms with E-state index in [1.807, 2.05) is 0 Å². The summed E-state index contributed by atoms with van der Waals surface area (Å²) < 4.78 is 41.7. The van der Waals surface area contributed by atoms with Crippen molar-refractivity contribution in [1.82, 2.24) is 5.16 Å². The van der Waals surface area contributed by atoms with Gasteiger partial charge in [0.2, 0.25) is 0 Å². The van der Waals surface area contributed by atoms with Gasteiger partial charge in [-0.15, -0.1) is 0 Å². The van der Waals surface area contributed by atoms with Gasteiger partial charge in [-0.1, -0.05) is 22.8 Å². The highest BCUT2D eigenvalue weighted by Crippen LogP contribution is 2.21. The molecule has 0 atom stereocenters. The average molecular weight is 304 g/mol. The van der Waals surface area contributed by atoms with Gasteiger partial charge in [0.25, 0.3) is 0 Å². The molecule has 0 spiro atoms. The van der Waals surface area contributed by atoms with E-state index in [2.05, 4.69) is 5.16 Å². The molecule has 102 valence electrons. The Morgan fingerprint density at radius 1 is 1.32 bits per heavy atom. The molecule has 0 N–H and O–H groups in total. The number of aryl methyl sites for hydroxylation is 1. The molecule has 1 heterocycles. The number of rotatable bonds is 4. The Bertz CT molecular complexity index is 697. The summed E-state index contributed by atoms with van der Waals surface area (Å²) in [5, 5.41) is 3.72. The monoisotopic (exact) mass is 303 g/mol. The van der Waals surface area contributed by atoms with Gasteiger partial charge in [0.15, 0.2) is 15.6 Å². The maximum Gasteiger partial charge on any atom is 0.161 e. The van der Waals surface area contributed by atoms with Gasteiger partial charge in [0.05, 0.1) is 11.4 Å². The van der Waals surface area contributed by atoms with Crippen molar-refractivity contribution in [1.29, 1.82) is 0 Å². The zero-order valence-electron chi connectivity index (χ0n) is 10.1. The smallest absolute Gasteiger partial charge is 0.161 e. The summed E-state index contributed by atoms with van der Waals surface area (Å²) in [4.78, 5) is 0. The predicted molar refractivity (Wildman–Crippen MR) is 69.0 cm³/mol. The highest BCUT2D eigenvalue weighted by Gasteiger charge is 2.18. The van der Waals surface area contributed by atoms with Crippen LogP contribution in [-0.4, -0.2) is 13.6 Å². The Labute approximate surface area is 115 Å². The molecule has 0 saturated carbocycles. The van der Waals surface area contributed by atoms with E-state index in [0.29, 0.717) is 11.3 Å². The second-order valence-electron chi connectivity index (χ2n) is 4.20. The van der Waals surface area contributed by atoms with E-state index >= 15 is 0 Å². The highest BCUT2D eigenvalue weighted by molar-refractivity contribution is 7.89. The van der Waals surface area contributed by atoms with Crippen molar-refractivity contribution in [2.45, 2.75) is 18.4 Å². The molecule has 0 radical (unpaired) electrons. The van der Waals surface area contributed by atoms with Crippen molar-refractivity contribution >= 4 is 21.4 Å². The fourth-order valence-electron chi connectivity index (χ4n) is 1.63. The van der Waals surface area contributed by atoms with E-state index in [4.69, 9.17) is 16.1 Å². The molecule has 0 aliphatic carbocycles. The first-order chi connectivity index (χ1) is 8.85. The van der Waals surface area contributed by atoms with Gasteiger partial charge in [-0.25, -0.2) is 12.8 Å². The largest absolute Gasteiger partial charge is 0.360 e. The molecule has 2 aromatic rings. The summed E-state index contributed by atoms with van der Waals surface area (Å²) in [6.45, 7) is 1.70. The predicted octanol–water partition coefficient (Wildman–Crippen LogP) is 2.89. The average Bonchev–Trinajstić information content (AvgIpc) is 2.67. The summed E-state index contributed by atoms with van der Waals surface area (Å²) in [6.07, 6.45) is 0. The van der Waals surface area contributed by atoms with Crippen molar-refractivity contribution in [2.24, 2.45) is 0 Å². The molecular weight excluding hydrogens is 293 g/mol. The molecule has 0 unspecified atom stereocenters. The molecule has 4 nitrogen and oxygen atoms in total. The summed E-state index contributed by atoms with van der Waals surface area (Å²) >= 11 is 5.80. The molecule has 0 fully saturated rings. The second kappa shape index (κ2) is 5.30. The minimum Gasteiger partial charge on any atom is -0.360 e. The number of hydrogen-bond acceptors (Lipinski definition) is 4. The number of nitrogens with zero attached hydrogens (tertiary/aromatic N) is 1. The maximum absolute atomic E-state index is 12.9. The second-order valence-corrected chi connectivity index (χ2v) is 6.67. The minimum absolute atomic E-state index is 0.0947. The van der Waals surface area contributed by atoms with Crippen molar-refractivity contribution in [3.8, 4) is 0 Å². The van der Waals surface area contributed by atoms with Gasteiger partial charge in [-0.2, -0.15) is 0 Å². The summed E-state index contributed by atoms with van der Waals surface area (Å²) in [7, 11) is -3.45. The Morgan fingerprint density at radius 3 is 2.63 bits per heavy atom. The zero-order valence-corrected chi connectivity index (χ0v) is 11.6. The third-order valence-electron chi connectivity index (χ3n) is 2.43. The van der Waals surface area contributed by atoms with Crippen LogP contribution in [0.15, 0.2) is 28.8 Å². The lowest BCUT2D eigenvalue weighted by molar-refractivity contribution is 0.388. The number of aromatic nitrogens is 1. The van der Waals surface area contributed by atoms with Gasteiger partial charge in [-0.3, -0.25) is 0 Å². The van der Waals surface area contributed by atoms with Crippen molar-refractivity contribution in [2.75, 3.05) is 0 Å². The zero-order chi connectivity index (χ0) is 14.0. The van der Waals surface area contributed by atoms with Gasteiger partial charge in [0.1, 0.15) is 11.6 Å². The van der Waals surface area contributed by atoms with Crippen molar-refractivity contribution in [3.63, 3.8) is 0 Å². The molecule has 7 heteroatoms. The van der Waals surface area contributed by atoms with Gasteiger partial charge in [-0.05, 0) is 24.6 Å². The topological polar surface area (TPSA) is 60.2 Å². The van der Waals surface area contributed by atoms with Gasteiger partial charge >= 0.3 is 0 Å². The van der Waals surface area contributed by atoms with Crippen LogP contribution in [0.1, 0.15) is 17.0 Å². The van der Waals surface area contributed by atoms with Gasteiger partial charge < -0.3 is 4.52 Å². The van der Waals surface area contributed by atoms with Crippen LogP contribution in [0, 0.1) is 12.7 Å². The highest BCUT2D eigenvalue weighted by atomic mass is 35.5. The van der Waals surface area contributed by atoms with E-state index in [-0.39, 0.29) is 22.3 Å². The van der Waals surface area contributed by atoms with Crippen LogP contribution in [0.25, 0.3) is 0 Å². The van der Waals surface area contributed by atoms with Crippen LogP contribution < -0.4 is 0 Å². The fraction of sp³-hybridized carbons (Fsp3) is 0.250. The Balaban J connectivity index is 2.17.